The Kier molecular flexibility index (Phi) is 2.50. The number of rotatable bonds is 1. The van der Waals surface area contributed by atoms with Gasteiger partial charge in [-0.15, -0.1) is 0 Å². The molecule has 0 saturated heterocycles. The highest BCUT2D eigenvalue weighted by atomic mass is 19.4. The molecule has 1 atom stereocenters. The van der Waals surface area contributed by atoms with Crippen molar-refractivity contribution in [3.8, 4) is 0 Å². The fourth-order valence-electron chi connectivity index (χ4n) is 1.53. The zero-order valence-electron chi connectivity index (χ0n) is 8.78. The highest BCUT2D eigenvalue weighted by molar-refractivity contribution is 5.73. The molecule has 7 heteroatoms. The van der Waals surface area contributed by atoms with E-state index in [1.54, 1.807) is 0 Å². The standard InChI is InChI=1S/C10H9F3N2O2/c1-15-6-3-2-5(8(14)10(11,12)13)4-7(6)17-9(15)16/h2-4,8H,14H2,1H3. The summed E-state index contributed by atoms with van der Waals surface area (Å²) in [5.74, 6) is -0.627. The Morgan fingerprint density at radius 2 is 2.06 bits per heavy atom. The number of hydrogen-bond donors (Lipinski definition) is 1. The second-order valence-corrected chi connectivity index (χ2v) is 3.67. The lowest BCUT2D eigenvalue weighted by atomic mass is 10.1. The summed E-state index contributed by atoms with van der Waals surface area (Å²) in [5.41, 5.74) is 5.43. The first-order valence-electron chi connectivity index (χ1n) is 4.72. The van der Waals surface area contributed by atoms with E-state index in [1.807, 2.05) is 0 Å². The predicted molar refractivity (Wildman–Crippen MR) is 54.4 cm³/mol. The molecule has 17 heavy (non-hydrogen) atoms. The van der Waals surface area contributed by atoms with Crippen molar-refractivity contribution in [1.29, 1.82) is 0 Å². The SMILES string of the molecule is Cn1c(=O)oc2cc(C(N)C(F)(F)F)ccc21. The van der Waals surface area contributed by atoms with Crippen LogP contribution in [-0.2, 0) is 7.05 Å². The summed E-state index contributed by atoms with van der Waals surface area (Å²) < 4.78 is 43.2. The summed E-state index contributed by atoms with van der Waals surface area (Å²) in [4.78, 5) is 11.2. The van der Waals surface area contributed by atoms with Crippen LogP contribution >= 0.6 is 0 Å². The van der Waals surface area contributed by atoms with Crippen LogP contribution in [0.15, 0.2) is 27.4 Å². The Balaban J connectivity index is 2.56. The number of fused-ring (bicyclic) bond motifs is 1. The number of nitrogens with two attached hydrogens (primary N) is 1. The fraction of sp³-hybridized carbons (Fsp3) is 0.300. The molecule has 4 nitrogen and oxygen atoms in total. The lowest BCUT2D eigenvalue weighted by Crippen LogP contribution is -2.28. The third-order valence-electron chi connectivity index (χ3n) is 2.53. The Morgan fingerprint density at radius 1 is 1.41 bits per heavy atom. The van der Waals surface area contributed by atoms with Crippen molar-refractivity contribution in [2.75, 3.05) is 0 Å². The van der Waals surface area contributed by atoms with Crippen molar-refractivity contribution in [3.63, 3.8) is 0 Å². The number of aryl methyl sites for hydroxylation is 1. The lowest BCUT2D eigenvalue weighted by molar-refractivity contribution is -0.149. The largest absolute Gasteiger partial charge is 0.419 e. The number of oxazole rings is 1. The maximum Gasteiger partial charge on any atom is 0.419 e. The zero-order chi connectivity index (χ0) is 12.8. The van der Waals surface area contributed by atoms with Gasteiger partial charge in [-0.1, -0.05) is 6.07 Å². The van der Waals surface area contributed by atoms with Crippen molar-refractivity contribution in [1.82, 2.24) is 4.57 Å². The van der Waals surface area contributed by atoms with Crippen LogP contribution in [0.3, 0.4) is 0 Å². The molecular formula is C10H9F3N2O2. The normalized spacial score (nSPS) is 14.2. The highest BCUT2D eigenvalue weighted by Crippen LogP contribution is 2.31. The molecule has 0 bridgehead atoms. The molecule has 1 aromatic carbocycles. The van der Waals surface area contributed by atoms with Crippen LogP contribution in [0.2, 0.25) is 0 Å². The minimum absolute atomic E-state index is 0.0923. The van der Waals surface area contributed by atoms with E-state index in [0.717, 1.165) is 6.07 Å². The maximum absolute atomic E-state index is 12.4. The number of halogens is 3. The quantitative estimate of drug-likeness (QED) is 0.832. The monoisotopic (exact) mass is 246 g/mol. The topological polar surface area (TPSA) is 61.2 Å². The average Bonchev–Trinajstić information content (AvgIpc) is 2.52. The van der Waals surface area contributed by atoms with Crippen LogP contribution in [0.1, 0.15) is 11.6 Å². The van der Waals surface area contributed by atoms with Crippen molar-refractivity contribution in [2.45, 2.75) is 12.2 Å². The van der Waals surface area contributed by atoms with Gasteiger partial charge in [-0.2, -0.15) is 13.2 Å². The van der Waals surface area contributed by atoms with E-state index in [4.69, 9.17) is 10.2 Å². The Morgan fingerprint density at radius 3 is 2.65 bits per heavy atom. The molecule has 92 valence electrons. The van der Waals surface area contributed by atoms with Crippen LogP contribution in [-0.4, -0.2) is 10.7 Å². The van der Waals surface area contributed by atoms with E-state index in [9.17, 15) is 18.0 Å². The zero-order valence-corrected chi connectivity index (χ0v) is 8.78. The van der Waals surface area contributed by atoms with Gasteiger partial charge in [0, 0.05) is 7.05 Å². The van der Waals surface area contributed by atoms with Crippen molar-refractivity contribution in [2.24, 2.45) is 12.8 Å². The summed E-state index contributed by atoms with van der Waals surface area (Å²) in [6.07, 6.45) is -4.53. The second kappa shape index (κ2) is 3.63. The van der Waals surface area contributed by atoms with E-state index in [2.05, 4.69) is 0 Å². The fourth-order valence-corrected chi connectivity index (χ4v) is 1.53. The lowest BCUT2D eigenvalue weighted by Gasteiger charge is -2.15. The van der Waals surface area contributed by atoms with Gasteiger partial charge in [0.15, 0.2) is 5.58 Å². The molecule has 0 aliphatic rings. The molecule has 1 unspecified atom stereocenters. The van der Waals surface area contributed by atoms with Crippen LogP contribution in [0.5, 0.6) is 0 Å². The van der Waals surface area contributed by atoms with Crippen LogP contribution < -0.4 is 11.5 Å². The second-order valence-electron chi connectivity index (χ2n) is 3.67. The number of hydrogen-bond acceptors (Lipinski definition) is 3. The summed E-state index contributed by atoms with van der Waals surface area (Å²) in [6.45, 7) is 0. The molecule has 1 heterocycles. The molecule has 0 spiro atoms. The Hall–Kier alpha value is -1.76. The number of benzene rings is 1. The van der Waals surface area contributed by atoms with Crippen molar-refractivity contribution < 1.29 is 17.6 Å². The first kappa shape index (κ1) is 11.7. The van der Waals surface area contributed by atoms with Crippen LogP contribution in [0.25, 0.3) is 11.1 Å². The number of nitrogens with zero attached hydrogens (tertiary/aromatic N) is 1. The van der Waals surface area contributed by atoms with E-state index in [-0.39, 0.29) is 11.1 Å². The third kappa shape index (κ3) is 1.93. The van der Waals surface area contributed by atoms with E-state index in [1.165, 1.54) is 23.7 Å². The van der Waals surface area contributed by atoms with Crippen molar-refractivity contribution in [3.05, 3.63) is 34.3 Å². The van der Waals surface area contributed by atoms with Gasteiger partial charge in [0.2, 0.25) is 0 Å². The molecule has 0 saturated carbocycles. The molecule has 0 aliphatic heterocycles. The highest BCUT2D eigenvalue weighted by Gasteiger charge is 2.38. The Bertz CT molecular complexity index is 612. The molecule has 0 aliphatic carbocycles. The first-order valence-corrected chi connectivity index (χ1v) is 4.72. The van der Waals surface area contributed by atoms with Crippen LogP contribution in [0, 0.1) is 0 Å². The average molecular weight is 246 g/mol. The minimum atomic E-state index is -4.53. The molecule has 2 aromatic rings. The van der Waals surface area contributed by atoms with Gasteiger partial charge in [0.1, 0.15) is 6.04 Å². The summed E-state index contributed by atoms with van der Waals surface area (Å²) in [6, 6.07) is 1.66. The number of aromatic nitrogens is 1. The summed E-state index contributed by atoms with van der Waals surface area (Å²) in [5, 5.41) is 0. The van der Waals surface area contributed by atoms with E-state index < -0.39 is 18.0 Å². The van der Waals surface area contributed by atoms with E-state index >= 15 is 0 Å². The van der Waals surface area contributed by atoms with Crippen molar-refractivity contribution >= 4 is 11.1 Å². The summed E-state index contributed by atoms with van der Waals surface area (Å²) in [7, 11) is 1.47. The van der Waals surface area contributed by atoms with Gasteiger partial charge in [0.05, 0.1) is 5.52 Å². The molecule has 2 N–H and O–H groups in total. The van der Waals surface area contributed by atoms with Gasteiger partial charge >= 0.3 is 11.9 Å². The molecule has 0 radical (unpaired) electrons. The molecule has 0 amide bonds. The third-order valence-corrected chi connectivity index (χ3v) is 2.53. The van der Waals surface area contributed by atoms with Gasteiger partial charge < -0.3 is 10.2 Å². The minimum Gasteiger partial charge on any atom is -0.408 e. The molecule has 1 aromatic heterocycles. The van der Waals surface area contributed by atoms with Gasteiger partial charge in [0.25, 0.3) is 0 Å². The maximum atomic E-state index is 12.4. The van der Waals surface area contributed by atoms with E-state index in [0.29, 0.717) is 5.52 Å². The first-order chi connectivity index (χ1) is 7.80. The van der Waals surface area contributed by atoms with Gasteiger partial charge in [-0.3, -0.25) is 4.57 Å². The smallest absolute Gasteiger partial charge is 0.408 e. The molecule has 2 rings (SSSR count). The molecule has 0 fully saturated rings. The molecular weight excluding hydrogens is 237 g/mol. The number of alkyl halides is 3. The summed E-state index contributed by atoms with van der Waals surface area (Å²) >= 11 is 0. The van der Waals surface area contributed by atoms with Gasteiger partial charge in [-0.05, 0) is 17.7 Å². The predicted octanol–water partition coefficient (Wildman–Crippen LogP) is 1.69. The van der Waals surface area contributed by atoms with Crippen LogP contribution in [0.4, 0.5) is 13.2 Å². The Labute approximate surface area is 93.4 Å². The van der Waals surface area contributed by atoms with Gasteiger partial charge in [-0.25, -0.2) is 4.79 Å².